The molecule has 0 radical (unpaired) electrons. The lowest BCUT2D eigenvalue weighted by atomic mass is 9.83. The molecule has 0 aromatic carbocycles. The normalized spacial score (nSPS) is 24.3. The first-order valence-electron chi connectivity index (χ1n) is 5.77. The van der Waals surface area contributed by atoms with Crippen LogP contribution in [0.25, 0.3) is 0 Å². The van der Waals surface area contributed by atoms with Crippen molar-refractivity contribution in [1.29, 1.82) is 0 Å². The van der Waals surface area contributed by atoms with Crippen LogP contribution in [0.4, 0.5) is 0 Å². The zero-order valence-corrected chi connectivity index (χ0v) is 9.00. The van der Waals surface area contributed by atoms with E-state index in [2.05, 4.69) is 5.32 Å². The molecule has 0 spiro atoms. The van der Waals surface area contributed by atoms with Gasteiger partial charge < -0.3 is 15.2 Å². The Morgan fingerprint density at radius 2 is 2.20 bits per heavy atom. The predicted octanol–water partition coefficient (Wildman–Crippen LogP) is 1.01. The van der Waals surface area contributed by atoms with Crippen LogP contribution < -0.4 is 5.32 Å². The fourth-order valence-electron chi connectivity index (χ4n) is 2.18. The minimum absolute atomic E-state index is 0.130. The third-order valence-corrected chi connectivity index (χ3v) is 3.53. The summed E-state index contributed by atoms with van der Waals surface area (Å²) in [5, 5.41) is 11.9. The summed E-state index contributed by atoms with van der Waals surface area (Å²) in [6.07, 6.45) is 5.24. The van der Waals surface area contributed by atoms with Crippen molar-refractivity contribution >= 4 is 5.97 Å². The maximum atomic E-state index is 10.7. The van der Waals surface area contributed by atoms with Crippen molar-refractivity contribution < 1.29 is 14.6 Å². The standard InChI is InChI=1S/C11H19NO3/c13-10(14)6-11(7-12-8-11)15-5-4-9-2-1-3-9/h9,12H,1-8H2,(H,13,14). The average molecular weight is 213 g/mol. The molecule has 0 amide bonds. The monoisotopic (exact) mass is 213 g/mol. The Bertz CT molecular complexity index is 234. The molecular weight excluding hydrogens is 194 g/mol. The Morgan fingerprint density at radius 3 is 2.60 bits per heavy atom. The van der Waals surface area contributed by atoms with Crippen LogP contribution in [-0.4, -0.2) is 36.4 Å². The molecule has 86 valence electrons. The second kappa shape index (κ2) is 4.49. The van der Waals surface area contributed by atoms with Crippen LogP contribution in [0, 0.1) is 5.92 Å². The molecule has 0 aromatic heterocycles. The van der Waals surface area contributed by atoms with Gasteiger partial charge in [-0.05, 0) is 12.3 Å². The number of hydrogen-bond donors (Lipinski definition) is 2. The van der Waals surface area contributed by atoms with Crippen LogP contribution in [0.5, 0.6) is 0 Å². The lowest BCUT2D eigenvalue weighted by molar-refractivity contribution is -0.151. The number of carboxylic acids is 1. The number of rotatable bonds is 6. The molecule has 1 aliphatic heterocycles. The van der Waals surface area contributed by atoms with Gasteiger partial charge >= 0.3 is 5.97 Å². The second-order valence-electron chi connectivity index (χ2n) is 4.79. The van der Waals surface area contributed by atoms with Crippen LogP contribution in [-0.2, 0) is 9.53 Å². The average Bonchev–Trinajstić information content (AvgIpc) is 2.03. The van der Waals surface area contributed by atoms with Crippen molar-refractivity contribution in [1.82, 2.24) is 5.32 Å². The quantitative estimate of drug-likeness (QED) is 0.691. The van der Waals surface area contributed by atoms with Crippen LogP contribution in [0.3, 0.4) is 0 Å². The van der Waals surface area contributed by atoms with Gasteiger partial charge in [-0.2, -0.15) is 0 Å². The van der Waals surface area contributed by atoms with E-state index in [-0.39, 0.29) is 6.42 Å². The van der Waals surface area contributed by atoms with Gasteiger partial charge in [-0.1, -0.05) is 19.3 Å². The molecule has 2 rings (SSSR count). The van der Waals surface area contributed by atoms with Gasteiger partial charge in [0.1, 0.15) is 5.60 Å². The topological polar surface area (TPSA) is 58.6 Å². The van der Waals surface area contributed by atoms with Crippen molar-refractivity contribution in [2.45, 2.75) is 37.7 Å². The fraction of sp³-hybridized carbons (Fsp3) is 0.909. The number of carbonyl (C=O) groups is 1. The molecule has 1 saturated heterocycles. The molecule has 0 unspecified atom stereocenters. The van der Waals surface area contributed by atoms with E-state index in [1.807, 2.05) is 0 Å². The Labute approximate surface area is 90.0 Å². The number of ether oxygens (including phenoxy) is 1. The molecule has 2 fully saturated rings. The smallest absolute Gasteiger partial charge is 0.306 e. The highest BCUT2D eigenvalue weighted by molar-refractivity contribution is 5.68. The van der Waals surface area contributed by atoms with Gasteiger partial charge in [0.15, 0.2) is 0 Å². The number of aliphatic carboxylic acids is 1. The van der Waals surface area contributed by atoms with Gasteiger partial charge in [-0.25, -0.2) is 0 Å². The molecule has 15 heavy (non-hydrogen) atoms. The Balaban J connectivity index is 1.67. The van der Waals surface area contributed by atoms with Gasteiger partial charge in [0.25, 0.3) is 0 Å². The molecule has 1 aliphatic carbocycles. The maximum absolute atomic E-state index is 10.7. The summed E-state index contributed by atoms with van der Waals surface area (Å²) in [4.78, 5) is 10.7. The molecule has 1 saturated carbocycles. The molecule has 2 aliphatic rings. The largest absolute Gasteiger partial charge is 0.481 e. The first-order valence-corrected chi connectivity index (χ1v) is 5.77. The van der Waals surface area contributed by atoms with Crippen molar-refractivity contribution in [3.05, 3.63) is 0 Å². The zero-order valence-electron chi connectivity index (χ0n) is 9.00. The summed E-state index contributed by atoms with van der Waals surface area (Å²) in [6.45, 7) is 2.09. The highest BCUT2D eigenvalue weighted by Crippen LogP contribution is 2.30. The van der Waals surface area contributed by atoms with Crippen molar-refractivity contribution in [3.8, 4) is 0 Å². The third-order valence-electron chi connectivity index (χ3n) is 3.53. The highest BCUT2D eigenvalue weighted by Gasteiger charge is 2.40. The lowest BCUT2D eigenvalue weighted by Gasteiger charge is -2.41. The molecule has 0 atom stereocenters. The molecule has 0 bridgehead atoms. The molecule has 2 N–H and O–H groups in total. The molecule has 4 heteroatoms. The second-order valence-corrected chi connectivity index (χ2v) is 4.79. The SMILES string of the molecule is O=C(O)CC1(OCCC2CCC2)CNC1. The summed E-state index contributed by atoms with van der Waals surface area (Å²) in [5.41, 5.74) is -0.407. The van der Waals surface area contributed by atoms with Gasteiger partial charge in [0.2, 0.25) is 0 Å². The molecule has 1 heterocycles. The zero-order chi connectivity index (χ0) is 10.7. The summed E-state index contributed by atoms with van der Waals surface area (Å²) in [5.74, 6) is 0.0695. The van der Waals surface area contributed by atoms with Gasteiger partial charge in [-0.3, -0.25) is 4.79 Å². The number of hydrogen-bond acceptors (Lipinski definition) is 3. The maximum Gasteiger partial charge on any atom is 0.306 e. The lowest BCUT2D eigenvalue weighted by Crippen LogP contribution is -2.62. The van der Waals surface area contributed by atoms with Crippen LogP contribution >= 0.6 is 0 Å². The van der Waals surface area contributed by atoms with E-state index in [0.29, 0.717) is 13.1 Å². The predicted molar refractivity (Wildman–Crippen MR) is 55.8 cm³/mol. The minimum Gasteiger partial charge on any atom is -0.481 e. The minimum atomic E-state index is -0.764. The number of carboxylic acid groups (broad SMARTS) is 1. The van der Waals surface area contributed by atoms with E-state index in [1.165, 1.54) is 19.3 Å². The van der Waals surface area contributed by atoms with Gasteiger partial charge in [0.05, 0.1) is 6.42 Å². The van der Waals surface area contributed by atoms with E-state index in [0.717, 1.165) is 18.9 Å². The summed E-state index contributed by atoms with van der Waals surface area (Å²) in [7, 11) is 0. The Morgan fingerprint density at radius 1 is 1.47 bits per heavy atom. The van der Waals surface area contributed by atoms with Crippen LogP contribution in [0.15, 0.2) is 0 Å². The van der Waals surface area contributed by atoms with Gasteiger partial charge in [0, 0.05) is 19.7 Å². The summed E-state index contributed by atoms with van der Waals surface area (Å²) in [6, 6.07) is 0. The Kier molecular flexibility index (Phi) is 3.26. The molecule has 4 nitrogen and oxygen atoms in total. The van der Waals surface area contributed by atoms with E-state index in [1.54, 1.807) is 0 Å². The van der Waals surface area contributed by atoms with E-state index in [9.17, 15) is 4.79 Å². The molecular formula is C11H19NO3. The van der Waals surface area contributed by atoms with E-state index < -0.39 is 11.6 Å². The van der Waals surface area contributed by atoms with E-state index >= 15 is 0 Å². The third kappa shape index (κ3) is 2.69. The van der Waals surface area contributed by atoms with Crippen molar-refractivity contribution in [2.75, 3.05) is 19.7 Å². The van der Waals surface area contributed by atoms with Crippen molar-refractivity contribution in [2.24, 2.45) is 5.92 Å². The Hall–Kier alpha value is -0.610. The first kappa shape index (κ1) is 10.9. The van der Waals surface area contributed by atoms with E-state index in [4.69, 9.17) is 9.84 Å². The fourth-order valence-corrected chi connectivity index (χ4v) is 2.18. The van der Waals surface area contributed by atoms with Gasteiger partial charge in [-0.15, -0.1) is 0 Å². The summed E-state index contributed by atoms with van der Waals surface area (Å²) >= 11 is 0. The van der Waals surface area contributed by atoms with Crippen LogP contribution in [0.2, 0.25) is 0 Å². The van der Waals surface area contributed by atoms with Crippen LogP contribution in [0.1, 0.15) is 32.1 Å². The summed E-state index contributed by atoms with van der Waals surface area (Å²) < 4.78 is 5.74. The first-order chi connectivity index (χ1) is 7.20. The van der Waals surface area contributed by atoms with Crippen molar-refractivity contribution in [3.63, 3.8) is 0 Å². The highest BCUT2D eigenvalue weighted by atomic mass is 16.5. The molecule has 0 aromatic rings. The number of nitrogens with one attached hydrogen (secondary N) is 1.